The lowest BCUT2D eigenvalue weighted by Crippen LogP contribution is -2.44. The Morgan fingerprint density at radius 1 is 1.45 bits per heavy atom. The maximum Gasteiger partial charge on any atom is 0.231 e. The summed E-state index contributed by atoms with van der Waals surface area (Å²) in [6.45, 7) is 0. The molecule has 2 N–H and O–H groups in total. The molecule has 106 valence electrons. The van der Waals surface area contributed by atoms with Crippen LogP contribution in [-0.4, -0.2) is 17.3 Å². The van der Waals surface area contributed by atoms with Gasteiger partial charge in [0.1, 0.15) is 0 Å². The molecule has 0 aliphatic heterocycles. The second-order valence-electron chi connectivity index (χ2n) is 5.17. The summed E-state index contributed by atoms with van der Waals surface area (Å²) < 4.78 is 23.7. The molecule has 0 atom stereocenters. The monoisotopic (exact) mass is 277 g/mol. The lowest BCUT2D eigenvalue weighted by atomic mass is 9.77. The van der Waals surface area contributed by atoms with Crippen molar-refractivity contribution in [2.75, 3.05) is 7.11 Å². The van der Waals surface area contributed by atoms with Crippen LogP contribution in [0.15, 0.2) is 22.7 Å². The summed E-state index contributed by atoms with van der Waals surface area (Å²) in [7, 11) is 1.43. The highest BCUT2D eigenvalue weighted by Crippen LogP contribution is 2.37. The van der Waals surface area contributed by atoms with E-state index in [0.717, 1.165) is 24.8 Å². The minimum atomic E-state index is -0.438. The number of halogens is 1. The lowest BCUT2D eigenvalue weighted by molar-refractivity contribution is 0.229. The molecule has 1 saturated carbocycles. The number of benzene rings is 1. The highest BCUT2D eigenvalue weighted by Gasteiger charge is 2.38. The predicted molar refractivity (Wildman–Crippen MR) is 69.8 cm³/mol. The van der Waals surface area contributed by atoms with E-state index in [1.54, 1.807) is 12.1 Å². The van der Waals surface area contributed by atoms with Crippen molar-refractivity contribution in [1.29, 1.82) is 0 Å². The van der Waals surface area contributed by atoms with Gasteiger partial charge in [-0.1, -0.05) is 11.2 Å². The third kappa shape index (κ3) is 2.27. The van der Waals surface area contributed by atoms with Crippen molar-refractivity contribution in [1.82, 2.24) is 10.1 Å². The molecule has 3 rings (SSSR count). The summed E-state index contributed by atoms with van der Waals surface area (Å²) in [5.74, 6) is 0.809. The van der Waals surface area contributed by atoms with Crippen LogP contribution in [0.4, 0.5) is 4.39 Å². The summed E-state index contributed by atoms with van der Waals surface area (Å²) in [6, 6.07) is 4.76. The predicted octanol–water partition coefficient (Wildman–Crippen LogP) is 2.15. The molecule has 1 fully saturated rings. The first kappa shape index (κ1) is 13.1. The Morgan fingerprint density at radius 2 is 2.25 bits per heavy atom. The van der Waals surface area contributed by atoms with Crippen LogP contribution in [0.3, 0.4) is 0 Å². The van der Waals surface area contributed by atoms with Gasteiger partial charge in [-0.2, -0.15) is 4.98 Å². The van der Waals surface area contributed by atoms with Gasteiger partial charge in [0.25, 0.3) is 0 Å². The molecule has 5 nitrogen and oxygen atoms in total. The molecule has 1 aromatic carbocycles. The van der Waals surface area contributed by atoms with E-state index in [4.69, 9.17) is 15.0 Å². The van der Waals surface area contributed by atoms with E-state index in [0.29, 0.717) is 18.1 Å². The van der Waals surface area contributed by atoms with Gasteiger partial charge >= 0.3 is 0 Å². The summed E-state index contributed by atoms with van der Waals surface area (Å²) in [6.07, 6.45) is 3.22. The van der Waals surface area contributed by atoms with Gasteiger partial charge < -0.3 is 15.0 Å². The van der Waals surface area contributed by atoms with Crippen LogP contribution in [0.25, 0.3) is 0 Å². The normalized spacial score (nSPS) is 16.8. The van der Waals surface area contributed by atoms with E-state index in [9.17, 15) is 4.39 Å². The van der Waals surface area contributed by atoms with Gasteiger partial charge in [0, 0.05) is 0 Å². The van der Waals surface area contributed by atoms with Crippen molar-refractivity contribution in [3.8, 4) is 5.75 Å². The van der Waals surface area contributed by atoms with Crippen LogP contribution in [0.2, 0.25) is 0 Å². The van der Waals surface area contributed by atoms with Crippen molar-refractivity contribution in [2.45, 2.75) is 31.2 Å². The molecule has 0 radical (unpaired) electrons. The third-order valence-corrected chi connectivity index (χ3v) is 3.73. The van der Waals surface area contributed by atoms with Gasteiger partial charge in [-0.05, 0) is 37.0 Å². The highest BCUT2D eigenvalue weighted by molar-refractivity contribution is 5.30. The average molecular weight is 277 g/mol. The number of ether oxygens (including phenoxy) is 1. The fraction of sp³-hybridized carbons (Fsp3) is 0.429. The van der Waals surface area contributed by atoms with Crippen molar-refractivity contribution in [3.63, 3.8) is 0 Å². The zero-order valence-electron chi connectivity index (χ0n) is 11.2. The van der Waals surface area contributed by atoms with Crippen LogP contribution >= 0.6 is 0 Å². The Morgan fingerprint density at radius 3 is 2.85 bits per heavy atom. The molecule has 6 heteroatoms. The second kappa shape index (κ2) is 4.86. The van der Waals surface area contributed by atoms with E-state index in [-0.39, 0.29) is 5.75 Å². The van der Waals surface area contributed by atoms with Crippen molar-refractivity contribution in [3.05, 3.63) is 41.3 Å². The average Bonchev–Trinajstić information content (AvgIpc) is 2.85. The van der Waals surface area contributed by atoms with E-state index in [1.807, 2.05) is 0 Å². The number of rotatable bonds is 4. The molecule has 0 bridgehead atoms. The third-order valence-electron chi connectivity index (χ3n) is 3.73. The SMILES string of the molecule is COc1ccc(Cc2nc(C3(N)CCC3)no2)cc1F. The van der Waals surface area contributed by atoms with Crippen LogP contribution in [0, 0.1) is 5.82 Å². The quantitative estimate of drug-likeness (QED) is 0.926. The summed E-state index contributed by atoms with van der Waals surface area (Å²) in [5, 5.41) is 3.93. The molecular weight excluding hydrogens is 261 g/mol. The topological polar surface area (TPSA) is 74.2 Å². The largest absolute Gasteiger partial charge is 0.494 e. The molecule has 0 unspecified atom stereocenters. The van der Waals surface area contributed by atoms with E-state index in [1.165, 1.54) is 13.2 Å². The molecule has 1 aliphatic carbocycles. The highest BCUT2D eigenvalue weighted by atomic mass is 19.1. The zero-order chi connectivity index (χ0) is 14.2. The smallest absolute Gasteiger partial charge is 0.231 e. The van der Waals surface area contributed by atoms with Crippen LogP contribution in [0.1, 0.15) is 36.5 Å². The van der Waals surface area contributed by atoms with Crippen LogP contribution in [0.5, 0.6) is 5.75 Å². The van der Waals surface area contributed by atoms with E-state index in [2.05, 4.69) is 10.1 Å². The van der Waals surface area contributed by atoms with Gasteiger partial charge in [-0.25, -0.2) is 4.39 Å². The van der Waals surface area contributed by atoms with Gasteiger partial charge in [-0.3, -0.25) is 0 Å². The number of nitrogens with zero attached hydrogens (tertiary/aromatic N) is 2. The Bertz CT molecular complexity index is 623. The molecule has 20 heavy (non-hydrogen) atoms. The standard InChI is InChI=1S/C14H16FN3O2/c1-19-11-4-3-9(7-10(11)15)8-12-17-13(18-20-12)14(16)5-2-6-14/h3-4,7H,2,5-6,8,16H2,1H3. The number of aromatic nitrogens is 2. The van der Waals surface area contributed by atoms with Crippen molar-refractivity contribution in [2.24, 2.45) is 5.73 Å². The molecule has 0 saturated heterocycles. The molecule has 1 heterocycles. The fourth-order valence-electron chi connectivity index (χ4n) is 2.30. The second-order valence-corrected chi connectivity index (χ2v) is 5.17. The summed E-state index contributed by atoms with van der Waals surface area (Å²) in [4.78, 5) is 4.32. The van der Waals surface area contributed by atoms with E-state index < -0.39 is 11.4 Å². The molecule has 0 spiro atoms. The van der Waals surface area contributed by atoms with Gasteiger partial charge in [-0.15, -0.1) is 0 Å². The minimum absolute atomic E-state index is 0.218. The molecular formula is C14H16FN3O2. The molecule has 2 aromatic rings. The van der Waals surface area contributed by atoms with Gasteiger partial charge in [0.2, 0.25) is 5.89 Å². The number of hydrogen-bond acceptors (Lipinski definition) is 5. The summed E-state index contributed by atoms with van der Waals surface area (Å²) >= 11 is 0. The Labute approximate surface area is 115 Å². The number of nitrogens with two attached hydrogens (primary N) is 1. The fourth-order valence-corrected chi connectivity index (χ4v) is 2.30. The first-order valence-corrected chi connectivity index (χ1v) is 6.55. The summed E-state index contributed by atoms with van der Waals surface area (Å²) in [5.41, 5.74) is 6.44. The molecule has 0 amide bonds. The maximum atomic E-state index is 13.6. The van der Waals surface area contributed by atoms with E-state index >= 15 is 0 Å². The number of hydrogen-bond donors (Lipinski definition) is 1. The van der Waals surface area contributed by atoms with Crippen LogP contribution < -0.4 is 10.5 Å². The Hall–Kier alpha value is -1.95. The Balaban J connectivity index is 1.76. The number of methoxy groups -OCH3 is 1. The van der Waals surface area contributed by atoms with Crippen LogP contribution in [-0.2, 0) is 12.0 Å². The first-order chi connectivity index (χ1) is 9.60. The molecule has 1 aliphatic rings. The van der Waals surface area contributed by atoms with Crippen molar-refractivity contribution >= 4 is 0 Å². The first-order valence-electron chi connectivity index (χ1n) is 6.55. The molecule has 1 aromatic heterocycles. The zero-order valence-corrected chi connectivity index (χ0v) is 11.2. The van der Waals surface area contributed by atoms with Gasteiger partial charge in [0.05, 0.1) is 19.1 Å². The minimum Gasteiger partial charge on any atom is -0.494 e. The van der Waals surface area contributed by atoms with Gasteiger partial charge in [0.15, 0.2) is 17.4 Å². The Kier molecular flexibility index (Phi) is 3.17. The van der Waals surface area contributed by atoms with Crippen molar-refractivity contribution < 1.29 is 13.7 Å². The maximum absolute atomic E-state index is 13.6. The lowest BCUT2D eigenvalue weighted by Gasteiger charge is -2.34.